The molecule has 0 atom stereocenters. The van der Waals surface area contributed by atoms with E-state index in [1.54, 1.807) is 30.6 Å². The predicted octanol–water partition coefficient (Wildman–Crippen LogP) is 2.90. The van der Waals surface area contributed by atoms with E-state index in [2.05, 4.69) is 0 Å². The highest BCUT2D eigenvalue weighted by atomic mass is 32.2. The first-order valence-electron chi connectivity index (χ1n) is 7.14. The molecule has 0 aliphatic heterocycles. The summed E-state index contributed by atoms with van der Waals surface area (Å²) < 4.78 is 37.9. The van der Waals surface area contributed by atoms with Crippen LogP contribution in [0, 0.1) is 6.92 Å². The van der Waals surface area contributed by atoms with Crippen LogP contribution in [0.2, 0.25) is 0 Å². The molecule has 0 bridgehead atoms. The van der Waals surface area contributed by atoms with Crippen LogP contribution in [-0.4, -0.2) is 40.1 Å². The van der Waals surface area contributed by atoms with Gasteiger partial charge in [0.2, 0.25) is 10.0 Å². The number of sulfonamides is 1. The van der Waals surface area contributed by atoms with Gasteiger partial charge in [-0.05, 0) is 47.0 Å². The highest BCUT2D eigenvalue weighted by Gasteiger charge is 2.28. The van der Waals surface area contributed by atoms with Crippen LogP contribution >= 0.6 is 11.3 Å². The maximum atomic E-state index is 13.1. The second-order valence-electron chi connectivity index (χ2n) is 5.12. The summed E-state index contributed by atoms with van der Waals surface area (Å²) in [6.07, 6.45) is 0. The van der Waals surface area contributed by atoms with Crippen LogP contribution in [0.5, 0.6) is 5.75 Å². The van der Waals surface area contributed by atoms with E-state index in [4.69, 9.17) is 9.47 Å². The van der Waals surface area contributed by atoms with Gasteiger partial charge in [-0.3, -0.25) is 0 Å². The number of benzene rings is 1. The van der Waals surface area contributed by atoms with Gasteiger partial charge in [0.05, 0.1) is 13.7 Å². The number of nitrogens with zero attached hydrogens (tertiary/aromatic N) is 1. The lowest BCUT2D eigenvalue weighted by molar-refractivity contribution is 0.177. The van der Waals surface area contributed by atoms with Gasteiger partial charge in [-0.2, -0.15) is 15.6 Å². The van der Waals surface area contributed by atoms with Gasteiger partial charge in [-0.1, -0.05) is 6.07 Å². The zero-order chi connectivity index (χ0) is 16.9. The summed E-state index contributed by atoms with van der Waals surface area (Å²) in [7, 11) is -0.649. The van der Waals surface area contributed by atoms with Crippen LogP contribution in [-0.2, 0) is 21.3 Å². The molecule has 0 radical (unpaired) electrons. The van der Waals surface area contributed by atoms with Crippen LogP contribution in [0.4, 0.5) is 0 Å². The Morgan fingerprint density at radius 3 is 2.61 bits per heavy atom. The third kappa shape index (κ3) is 4.32. The molecule has 0 saturated heterocycles. The molecular weight excluding hydrogens is 334 g/mol. The second-order valence-corrected chi connectivity index (χ2v) is 7.80. The van der Waals surface area contributed by atoms with E-state index in [-0.39, 0.29) is 11.4 Å². The first kappa shape index (κ1) is 17.9. The largest absolute Gasteiger partial charge is 0.495 e. The average molecular weight is 355 g/mol. The molecule has 2 rings (SSSR count). The van der Waals surface area contributed by atoms with Gasteiger partial charge < -0.3 is 9.47 Å². The molecule has 126 valence electrons. The lowest BCUT2D eigenvalue weighted by atomic mass is 10.2. The number of hydrogen-bond donors (Lipinski definition) is 0. The van der Waals surface area contributed by atoms with Crippen molar-refractivity contribution < 1.29 is 17.9 Å². The van der Waals surface area contributed by atoms with Crippen molar-refractivity contribution in [2.75, 3.05) is 27.4 Å². The van der Waals surface area contributed by atoms with Gasteiger partial charge in [-0.25, -0.2) is 8.42 Å². The van der Waals surface area contributed by atoms with E-state index in [1.165, 1.54) is 11.4 Å². The van der Waals surface area contributed by atoms with Crippen LogP contribution in [0.25, 0.3) is 0 Å². The Bertz CT molecular complexity index is 727. The third-order valence-electron chi connectivity index (χ3n) is 3.42. The minimum absolute atomic E-state index is 0.186. The smallest absolute Gasteiger partial charge is 0.247 e. The van der Waals surface area contributed by atoms with Crippen molar-refractivity contribution in [3.63, 3.8) is 0 Å². The van der Waals surface area contributed by atoms with E-state index in [0.717, 1.165) is 11.1 Å². The number of aryl methyl sites for hydroxylation is 1. The van der Waals surface area contributed by atoms with Crippen molar-refractivity contribution in [3.05, 3.63) is 46.2 Å². The molecule has 2 aromatic rings. The van der Waals surface area contributed by atoms with Crippen molar-refractivity contribution in [2.45, 2.75) is 18.4 Å². The molecule has 0 saturated carbocycles. The topological polar surface area (TPSA) is 55.8 Å². The average Bonchev–Trinajstić information content (AvgIpc) is 3.04. The predicted molar refractivity (Wildman–Crippen MR) is 91.5 cm³/mol. The Hall–Kier alpha value is -1.41. The summed E-state index contributed by atoms with van der Waals surface area (Å²) in [6.45, 7) is 2.78. The third-order valence-corrected chi connectivity index (χ3v) is 6.02. The highest BCUT2D eigenvalue weighted by Crippen LogP contribution is 2.28. The number of methoxy groups -OCH3 is 2. The molecule has 0 aliphatic rings. The molecule has 7 heteroatoms. The first-order chi connectivity index (χ1) is 11.0. The fourth-order valence-corrected chi connectivity index (χ4v) is 4.50. The van der Waals surface area contributed by atoms with Crippen molar-refractivity contribution in [3.8, 4) is 5.75 Å². The summed E-state index contributed by atoms with van der Waals surface area (Å²) in [5, 5.41) is 3.88. The highest BCUT2D eigenvalue weighted by molar-refractivity contribution is 7.89. The van der Waals surface area contributed by atoms with Crippen molar-refractivity contribution in [2.24, 2.45) is 0 Å². The zero-order valence-corrected chi connectivity index (χ0v) is 15.1. The summed E-state index contributed by atoms with van der Waals surface area (Å²) in [6, 6.07) is 7.08. The van der Waals surface area contributed by atoms with E-state index >= 15 is 0 Å². The maximum absolute atomic E-state index is 13.1. The number of ether oxygens (including phenoxy) is 2. The lowest BCUT2D eigenvalue weighted by Gasteiger charge is -2.23. The first-order valence-corrected chi connectivity index (χ1v) is 9.52. The summed E-state index contributed by atoms with van der Waals surface area (Å²) in [4.78, 5) is 0.186. The van der Waals surface area contributed by atoms with E-state index in [9.17, 15) is 8.42 Å². The minimum Gasteiger partial charge on any atom is -0.495 e. The van der Waals surface area contributed by atoms with Crippen molar-refractivity contribution in [1.29, 1.82) is 0 Å². The molecule has 0 aliphatic carbocycles. The Labute approximate surface area is 141 Å². The van der Waals surface area contributed by atoms with Crippen LogP contribution in [0.15, 0.2) is 39.9 Å². The Balaban J connectivity index is 2.40. The molecule has 0 spiro atoms. The molecule has 1 aromatic carbocycles. The molecule has 23 heavy (non-hydrogen) atoms. The molecule has 1 heterocycles. The monoisotopic (exact) mass is 355 g/mol. The SMILES string of the molecule is COCCN(Cc1ccsc1)S(=O)(=O)c1cc(C)ccc1OC. The Kier molecular flexibility index (Phi) is 6.17. The fourth-order valence-electron chi connectivity index (χ4n) is 2.19. The summed E-state index contributed by atoms with van der Waals surface area (Å²) in [5.74, 6) is 0.350. The standard InChI is InChI=1S/C16H21NO4S2/c1-13-4-5-15(21-3)16(10-13)23(18,19)17(7-8-20-2)11-14-6-9-22-12-14/h4-6,9-10,12H,7-8,11H2,1-3H3. The maximum Gasteiger partial charge on any atom is 0.247 e. The minimum atomic E-state index is -3.68. The van der Waals surface area contributed by atoms with Gasteiger partial charge in [0, 0.05) is 20.2 Å². The molecular formula is C16H21NO4S2. The van der Waals surface area contributed by atoms with Crippen molar-refractivity contribution in [1.82, 2.24) is 4.31 Å². The molecule has 0 fully saturated rings. The van der Waals surface area contributed by atoms with Gasteiger partial charge in [0.15, 0.2) is 0 Å². The second kappa shape index (κ2) is 7.92. The van der Waals surface area contributed by atoms with Gasteiger partial charge >= 0.3 is 0 Å². The summed E-state index contributed by atoms with van der Waals surface area (Å²) in [5.41, 5.74) is 1.83. The van der Waals surface area contributed by atoms with Crippen LogP contribution in [0.3, 0.4) is 0 Å². The van der Waals surface area contributed by atoms with E-state index in [0.29, 0.717) is 18.9 Å². The fraction of sp³-hybridized carbons (Fsp3) is 0.375. The van der Waals surface area contributed by atoms with Gasteiger partial charge in [-0.15, -0.1) is 0 Å². The van der Waals surface area contributed by atoms with Gasteiger partial charge in [0.25, 0.3) is 0 Å². The van der Waals surface area contributed by atoms with Gasteiger partial charge in [0.1, 0.15) is 10.6 Å². The molecule has 1 aromatic heterocycles. The van der Waals surface area contributed by atoms with Crippen LogP contribution in [0.1, 0.15) is 11.1 Å². The quantitative estimate of drug-likeness (QED) is 0.731. The Morgan fingerprint density at radius 2 is 2.00 bits per heavy atom. The number of hydrogen-bond acceptors (Lipinski definition) is 5. The van der Waals surface area contributed by atoms with Crippen molar-refractivity contribution >= 4 is 21.4 Å². The lowest BCUT2D eigenvalue weighted by Crippen LogP contribution is -2.33. The zero-order valence-electron chi connectivity index (χ0n) is 13.5. The molecule has 5 nitrogen and oxygen atoms in total. The number of rotatable bonds is 8. The normalized spacial score (nSPS) is 11.8. The molecule has 0 unspecified atom stereocenters. The molecule has 0 N–H and O–H groups in total. The number of thiophene rings is 1. The Morgan fingerprint density at radius 1 is 1.22 bits per heavy atom. The van der Waals surface area contributed by atoms with Crippen LogP contribution < -0.4 is 4.74 Å². The van der Waals surface area contributed by atoms with E-state index in [1.807, 2.05) is 29.8 Å². The summed E-state index contributed by atoms with van der Waals surface area (Å²) >= 11 is 1.54. The van der Waals surface area contributed by atoms with E-state index < -0.39 is 10.0 Å². The molecule has 0 amide bonds.